The molecule has 0 saturated heterocycles. The molecule has 0 aromatic heterocycles. The van der Waals surface area contributed by atoms with E-state index in [1.165, 1.54) is 12.1 Å². The summed E-state index contributed by atoms with van der Waals surface area (Å²) in [5.41, 5.74) is 0.331. The predicted octanol–water partition coefficient (Wildman–Crippen LogP) is 5.29. The highest BCUT2D eigenvalue weighted by Crippen LogP contribution is 2.32. The standard InChI is InChI=1S/C18H28F3NO/c1-5-12-22(14(4)13-23-7-3)17(6-2)15-8-10-16(11-9-15)18(19,20)21/h8-11,14,17H,5-7,12-13H2,1-4H3/t14-,17?/m0/s1. The fourth-order valence-electron chi connectivity index (χ4n) is 2.88. The van der Waals surface area contributed by atoms with Gasteiger partial charge < -0.3 is 4.74 Å². The summed E-state index contributed by atoms with van der Waals surface area (Å²) >= 11 is 0. The first-order valence-electron chi connectivity index (χ1n) is 8.35. The van der Waals surface area contributed by atoms with E-state index in [4.69, 9.17) is 4.74 Å². The van der Waals surface area contributed by atoms with Crippen LogP contribution >= 0.6 is 0 Å². The molecule has 1 unspecified atom stereocenters. The van der Waals surface area contributed by atoms with Gasteiger partial charge in [-0.2, -0.15) is 13.2 Å². The van der Waals surface area contributed by atoms with Gasteiger partial charge in [0.25, 0.3) is 0 Å². The summed E-state index contributed by atoms with van der Waals surface area (Å²) in [6, 6.07) is 5.89. The van der Waals surface area contributed by atoms with Crippen molar-refractivity contribution in [2.24, 2.45) is 0 Å². The smallest absolute Gasteiger partial charge is 0.380 e. The van der Waals surface area contributed by atoms with Crippen LogP contribution in [0.5, 0.6) is 0 Å². The second-order valence-corrected chi connectivity index (χ2v) is 5.79. The van der Waals surface area contributed by atoms with Crippen LogP contribution in [0.15, 0.2) is 24.3 Å². The van der Waals surface area contributed by atoms with Crippen LogP contribution in [-0.2, 0) is 10.9 Å². The number of hydrogen-bond donors (Lipinski definition) is 0. The summed E-state index contributed by atoms with van der Waals surface area (Å²) < 4.78 is 43.7. The number of alkyl halides is 3. The molecule has 0 saturated carbocycles. The highest BCUT2D eigenvalue weighted by atomic mass is 19.4. The van der Waals surface area contributed by atoms with Crippen LogP contribution in [0.25, 0.3) is 0 Å². The van der Waals surface area contributed by atoms with E-state index in [2.05, 4.69) is 25.7 Å². The SMILES string of the molecule is CCCN(C(CC)c1ccc(C(F)(F)F)cc1)[C@@H](C)COCC. The van der Waals surface area contributed by atoms with Crippen molar-refractivity contribution < 1.29 is 17.9 Å². The molecule has 0 radical (unpaired) electrons. The lowest BCUT2D eigenvalue weighted by Gasteiger charge is -2.36. The zero-order chi connectivity index (χ0) is 17.5. The second kappa shape index (κ2) is 9.28. The van der Waals surface area contributed by atoms with Crippen molar-refractivity contribution in [1.82, 2.24) is 4.90 Å². The Bertz CT molecular complexity index is 445. The van der Waals surface area contributed by atoms with E-state index in [1.54, 1.807) is 12.1 Å². The molecule has 0 N–H and O–H groups in total. The van der Waals surface area contributed by atoms with Gasteiger partial charge in [-0.3, -0.25) is 4.90 Å². The minimum Gasteiger partial charge on any atom is -0.380 e. The van der Waals surface area contributed by atoms with Crippen molar-refractivity contribution in [2.45, 2.75) is 58.8 Å². The molecule has 0 aliphatic carbocycles. The van der Waals surface area contributed by atoms with E-state index in [9.17, 15) is 13.2 Å². The molecular formula is C18H28F3NO. The maximum Gasteiger partial charge on any atom is 0.416 e. The largest absolute Gasteiger partial charge is 0.416 e. The van der Waals surface area contributed by atoms with Crippen LogP contribution in [0.1, 0.15) is 57.7 Å². The average molecular weight is 331 g/mol. The van der Waals surface area contributed by atoms with Crippen LogP contribution in [-0.4, -0.2) is 30.7 Å². The normalized spacial score (nSPS) is 15.0. The Kier molecular flexibility index (Phi) is 8.06. The van der Waals surface area contributed by atoms with E-state index in [0.717, 1.165) is 24.9 Å². The summed E-state index contributed by atoms with van der Waals surface area (Å²) in [6.07, 6.45) is -2.44. The summed E-state index contributed by atoms with van der Waals surface area (Å²) in [7, 11) is 0. The molecule has 23 heavy (non-hydrogen) atoms. The molecule has 0 heterocycles. The predicted molar refractivity (Wildman–Crippen MR) is 87.4 cm³/mol. The number of hydrogen-bond acceptors (Lipinski definition) is 2. The van der Waals surface area contributed by atoms with Gasteiger partial charge in [0.2, 0.25) is 0 Å². The van der Waals surface area contributed by atoms with E-state index >= 15 is 0 Å². The van der Waals surface area contributed by atoms with Crippen molar-refractivity contribution in [2.75, 3.05) is 19.8 Å². The van der Waals surface area contributed by atoms with Gasteiger partial charge in [-0.25, -0.2) is 0 Å². The van der Waals surface area contributed by atoms with Gasteiger partial charge >= 0.3 is 6.18 Å². The van der Waals surface area contributed by atoms with Crippen molar-refractivity contribution in [3.63, 3.8) is 0 Å². The molecular weight excluding hydrogens is 303 g/mol. The molecule has 0 aliphatic heterocycles. The summed E-state index contributed by atoms with van der Waals surface area (Å²) in [5, 5.41) is 0. The molecule has 1 aromatic rings. The van der Waals surface area contributed by atoms with Crippen LogP contribution < -0.4 is 0 Å². The number of benzene rings is 1. The first-order valence-corrected chi connectivity index (χ1v) is 8.35. The Hall–Kier alpha value is -1.07. The molecule has 0 bridgehead atoms. The molecule has 2 nitrogen and oxygen atoms in total. The number of rotatable bonds is 9. The lowest BCUT2D eigenvalue weighted by atomic mass is 9.99. The van der Waals surface area contributed by atoms with E-state index in [-0.39, 0.29) is 12.1 Å². The van der Waals surface area contributed by atoms with E-state index < -0.39 is 11.7 Å². The third-order valence-electron chi connectivity index (χ3n) is 4.02. The zero-order valence-electron chi connectivity index (χ0n) is 14.5. The minimum atomic E-state index is -4.29. The average Bonchev–Trinajstić information content (AvgIpc) is 2.52. The Labute approximate surface area is 137 Å². The van der Waals surface area contributed by atoms with Crippen LogP contribution in [0.3, 0.4) is 0 Å². The van der Waals surface area contributed by atoms with Gasteiger partial charge in [0.05, 0.1) is 12.2 Å². The van der Waals surface area contributed by atoms with Crippen LogP contribution in [0.4, 0.5) is 13.2 Å². The number of ether oxygens (including phenoxy) is 1. The van der Waals surface area contributed by atoms with Gasteiger partial charge in [-0.05, 0) is 50.9 Å². The number of halogens is 3. The Morgan fingerprint density at radius 3 is 2.13 bits per heavy atom. The monoisotopic (exact) mass is 331 g/mol. The topological polar surface area (TPSA) is 12.5 Å². The van der Waals surface area contributed by atoms with Gasteiger partial charge in [-0.1, -0.05) is 26.0 Å². The van der Waals surface area contributed by atoms with Crippen molar-refractivity contribution in [3.8, 4) is 0 Å². The lowest BCUT2D eigenvalue weighted by Crippen LogP contribution is -2.40. The fourth-order valence-corrected chi connectivity index (χ4v) is 2.88. The highest BCUT2D eigenvalue weighted by molar-refractivity contribution is 5.27. The minimum absolute atomic E-state index is 0.104. The first kappa shape index (κ1) is 20.0. The van der Waals surface area contributed by atoms with Gasteiger partial charge in [0, 0.05) is 18.7 Å². The maximum absolute atomic E-state index is 12.7. The van der Waals surface area contributed by atoms with E-state index in [1.807, 2.05) is 6.92 Å². The third kappa shape index (κ3) is 5.81. The fraction of sp³-hybridized carbons (Fsp3) is 0.667. The zero-order valence-corrected chi connectivity index (χ0v) is 14.5. The van der Waals surface area contributed by atoms with Gasteiger partial charge in [-0.15, -0.1) is 0 Å². The quantitative estimate of drug-likeness (QED) is 0.609. The molecule has 5 heteroatoms. The summed E-state index contributed by atoms with van der Waals surface area (Å²) in [4.78, 5) is 2.33. The van der Waals surface area contributed by atoms with Crippen molar-refractivity contribution >= 4 is 0 Å². The van der Waals surface area contributed by atoms with Crippen LogP contribution in [0.2, 0.25) is 0 Å². The molecule has 1 rings (SSSR count). The molecule has 0 fully saturated rings. The van der Waals surface area contributed by atoms with Crippen molar-refractivity contribution in [3.05, 3.63) is 35.4 Å². The Morgan fingerprint density at radius 2 is 1.70 bits per heavy atom. The van der Waals surface area contributed by atoms with Crippen LogP contribution in [0, 0.1) is 0 Å². The van der Waals surface area contributed by atoms with Gasteiger partial charge in [0.1, 0.15) is 0 Å². The molecule has 0 spiro atoms. The third-order valence-corrected chi connectivity index (χ3v) is 4.02. The van der Waals surface area contributed by atoms with Crippen molar-refractivity contribution in [1.29, 1.82) is 0 Å². The summed E-state index contributed by atoms with van der Waals surface area (Å²) in [6.45, 7) is 10.4. The lowest BCUT2D eigenvalue weighted by molar-refractivity contribution is -0.137. The molecule has 0 amide bonds. The van der Waals surface area contributed by atoms with Gasteiger partial charge in [0.15, 0.2) is 0 Å². The molecule has 132 valence electrons. The Balaban J connectivity index is 2.97. The second-order valence-electron chi connectivity index (χ2n) is 5.79. The molecule has 1 aromatic carbocycles. The maximum atomic E-state index is 12.7. The molecule has 0 aliphatic rings. The Morgan fingerprint density at radius 1 is 1.09 bits per heavy atom. The first-order chi connectivity index (χ1) is 10.8. The number of nitrogens with zero attached hydrogens (tertiary/aromatic N) is 1. The summed E-state index contributed by atoms with van der Waals surface area (Å²) in [5.74, 6) is 0. The molecule has 2 atom stereocenters. The highest BCUT2D eigenvalue weighted by Gasteiger charge is 2.31. The van der Waals surface area contributed by atoms with E-state index in [0.29, 0.717) is 13.2 Å².